The van der Waals surface area contributed by atoms with E-state index < -0.39 is 17.9 Å². The Hall–Kier alpha value is -3.15. The summed E-state index contributed by atoms with van der Waals surface area (Å²) in [4.78, 5) is 36.2. The number of nitrogens with one attached hydrogen (secondary N) is 2. The molecule has 2 rings (SSSR count). The number of rotatable bonds is 6. The van der Waals surface area contributed by atoms with Gasteiger partial charge in [-0.1, -0.05) is 36.4 Å². The van der Waals surface area contributed by atoms with E-state index in [1.54, 1.807) is 24.3 Å². The summed E-state index contributed by atoms with van der Waals surface area (Å²) in [6.45, 7) is 3.31. The number of benzene rings is 2. The van der Waals surface area contributed by atoms with Crippen molar-refractivity contribution >= 4 is 23.5 Å². The molecule has 2 N–H and O–H groups in total. The van der Waals surface area contributed by atoms with Crippen molar-refractivity contribution in [3.63, 3.8) is 0 Å². The molecule has 2 aromatic rings. The van der Waals surface area contributed by atoms with Crippen LogP contribution in [-0.2, 0) is 20.7 Å². The Morgan fingerprint density at radius 3 is 2.35 bits per heavy atom. The highest BCUT2D eigenvalue weighted by Crippen LogP contribution is 2.16. The van der Waals surface area contributed by atoms with Crippen LogP contribution in [0.3, 0.4) is 0 Å². The SMILES string of the molecule is COC(=O)[C@@H](Cc1ccccc1C)NC(=O)c1ccccc1NC(C)=O. The summed E-state index contributed by atoms with van der Waals surface area (Å²) in [5.74, 6) is -1.27. The highest BCUT2D eigenvalue weighted by molar-refractivity contribution is 6.04. The van der Waals surface area contributed by atoms with Gasteiger partial charge in [-0.25, -0.2) is 4.79 Å². The van der Waals surface area contributed by atoms with E-state index in [0.717, 1.165) is 11.1 Å². The Balaban J connectivity index is 2.23. The van der Waals surface area contributed by atoms with Gasteiger partial charge in [0.1, 0.15) is 6.04 Å². The first-order valence-corrected chi connectivity index (χ1v) is 8.22. The molecule has 2 aromatic carbocycles. The van der Waals surface area contributed by atoms with E-state index in [1.165, 1.54) is 14.0 Å². The monoisotopic (exact) mass is 354 g/mol. The molecule has 2 amide bonds. The number of amides is 2. The largest absolute Gasteiger partial charge is 0.467 e. The first-order valence-electron chi connectivity index (χ1n) is 8.22. The van der Waals surface area contributed by atoms with Crippen LogP contribution in [0, 0.1) is 6.92 Å². The Morgan fingerprint density at radius 1 is 1.04 bits per heavy atom. The number of ether oxygens (including phenoxy) is 1. The molecule has 0 aliphatic carbocycles. The van der Waals surface area contributed by atoms with Gasteiger partial charge >= 0.3 is 5.97 Å². The maximum Gasteiger partial charge on any atom is 0.328 e. The number of methoxy groups -OCH3 is 1. The number of hydrogen-bond donors (Lipinski definition) is 2. The summed E-state index contributed by atoms with van der Waals surface area (Å²) in [6.07, 6.45) is 0.313. The molecular weight excluding hydrogens is 332 g/mol. The minimum Gasteiger partial charge on any atom is -0.467 e. The summed E-state index contributed by atoms with van der Waals surface area (Å²) in [5, 5.41) is 5.32. The fraction of sp³-hybridized carbons (Fsp3) is 0.250. The highest BCUT2D eigenvalue weighted by atomic mass is 16.5. The van der Waals surface area contributed by atoms with E-state index >= 15 is 0 Å². The number of esters is 1. The predicted molar refractivity (Wildman–Crippen MR) is 98.9 cm³/mol. The Labute approximate surface area is 152 Å². The van der Waals surface area contributed by atoms with Crippen molar-refractivity contribution < 1.29 is 19.1 Å². The van der Waals surface area contributed by atoms with Crippen molar-refractivity contribution in [2.45, 2.75) is 26.3 Å². The third kappa shape index (κ3) is 4.92. The van der Waals surface area contributed by atoms with Gasteiger partial charge in [-0.3, -0.25) is 9.59 Å². The van der Waals surface area contributed by atoms with Crippen LogP contribution in [0.4, 0.5) is 5.69 Å². The molecule has 0 heterocycles. The van der Waals surface area contributed by atoms with Gasteiger partial charge in [-0.15, -0.1) is 0 Å². The molecule has 136 valence electrons. The number of hydrogen-bond acceptors (Lipinski definition) is 4. The van der Waals surface area contributed by atoms with Gasteiger partial charge in [-0.05, 0) is 30.2 Å². The average molecular weight is 354 g/mol. The fourth-order valence-corrected chi connectivity index (χ4v) is 2.61. The van der Waals surface area contributed by atoms with Gasteiger partial charge in [-0.2, -0.15) is 0 Å². The van der Waals surface area contributed by atoms with Crippen LogP contribution in [-0.4, -0.2) is 30.9 Å². The molecule has 0 radical (unpaired) electrons. The van der Waals surface area contributed by atoms with Crippen molar-refractivity contribution in [3.8, 4) is 0 Å². The smallest absolute Gasteiger partial charge is 0.328 e. The molecule has 26 heavy (non-hydrogen) atoms. The first-order chi connectivity index (χ1) is 12.4. The van der Waals surface area contributed by atoms with Gasteiger partial charge in [0.25, 0.3) is 5.91 Å². The van der Waals surface area contributed by atoms with Gasteiger partial charge in [0.05, 0.1) is 18.4 Å². The van der Waals surface area contributed by atoms with Crippen LogP contribution in [0.15, 0.2) is 48.5 Å². The quantitative estimate of drug-likeness (QED) is 0.781. The summed E-state index contributed by atoms with van der Waals surface area (Å²) in [7, 11) is 1.28. The Bertz CT molecular complexity index is 817. The zero-order chi connectivity index (χ0) is 19.1. The zero-order valence-electron chi connectivity index (χ0n) is 15.0. The highest BCUT2D eigenvalue weighted by Gasteiger charge is 2.24. The number of carbonyl (C=O) groups excluding carboxylic acids is 3. The topological polar surface area (TPSA) is 84.5 Å². The normalized spacial score (nSPS) is 11.3. The Kier molecular flexibility index (Phi) is 6.49. The molecule has 0 aliphatic heterocycles. The third-order valence-corrected chi connectivity index (χ3v) is 3.96. The number of anilines is 1. The molecule has 1 atom stereocenters. The number of carbonyl (C=O) groups is 3. The second-order valence-electron chi connectivity index (χ2n) is 5.91. The van der Waals surface area contributed by atoms with Gasteiger partial charge in [0.2, 0.25) is 5.91 Å². The molecule has 0 saturated heterocycles. The van der Waals surface area contributed by atoms with Crippen LogP contribution in [0.2, 0.25) is 0 Å². The lowest BCUT2D eigenvalue weighted by molar-refractivity contribution is -0.142. The van der Waals surface area contributed by atoms with E-state index in [0.29, 0.717) is 12.1 Å². The minimum absolute atomic E-state index is 0.279. The maximum absolute atomic E-state index is 12.7. The van der Waals surface area contributed by atoms with Gasteiger partial charge in [0, 0.05) is 13.3 Å². The Morgan fingerprint density at radius 2 is 1.69 bits per heavy atom. The molecule has 0 aliphatic rings. The van der Waals surface area contributed by atoms with Crippen molar-refractivity contribution in [1.82, 2.24) is 5.32 Å². The van der Waals surface area contributed by atoms with Crippen LogP contribution < -0.4 is 10.6 Å². The van der Waals surface area contributed by atoms with Crippen molar-refractivity contribution in [3.05, 3.63) is 65.2 Å². The van der Waals surface area contributed by atoms with Gasteiger partial charge in [0.15, 0.2) is 0 Å². The maximum atomic E-state index is 12.7. The van der Waals surface area contributed by atoms with E-state index in [-0.39, 0.29) is 11.5 Å². The summed E-state index contributed by atoms with van der Waals surface area (Å²) in [5.41, 5.74) is 2.63. The lowest BCUT2D eigenvalue weighted by Crippen LogP contribution is -2.43. The molecule has 0 fully saturated rings. The first kappa shape index (κ1) is 19.2. The summed E-state index contributed by atoms with van der Waals surface area (Å²) < 4.78 is 4.83. The molecule has 0 aromatic heterocycles. The van der Waals surface area contributed by atoms with Crippen molar-refractivity contribution in [1.29, 1.82) is 0 Å². The minimum atomic E-state index is -0.834. The summed E-state index contributed by atoms with van der Waals surface area (Å²) in [6, 6.07) is 13.4. The fourth-order valence-electron chi connectivity index (χ4n) is 2.61. The lowest BCUT2D eigenvalue weighted by atomic mass is 10.0. The molecule has 0 bridgehead atoms. The standard InChI is InChI=1S/C20H22N2O4/c1-13-8-4-5-9-15(13)12-18(20(25)26-3)22-19(24)16-10-6-7-11-17(16)21-14(2)23/h4-11,18H,12H2,1-3H3,(H,21,23)(H,22,24)/t18-/m1/s1. The third-order valence-electron chi connectivity index (χ3n) is 3.96. The number of para-hydroxylation sites is 1. The van der Waals surface area contributed by atoms with Crippen LogP contribution in [0.1, 0.15) is 28.4 Å². The molecule has 6 heteroatoms. The zero-order valence-corrected chi connectivity index (χ0v) is 15.0. The molecule has 6 nitrogen and oxygen atoms in total. The van der Waals surface area contributed by atoms with Crippen LogP contribution in [0.25, 0.3) is 0 Å². The van der Waals surface area contributed by atoms with Crippen molar-refractivity contribution in [2.75, 3.05) is 12.4 Å². The van der Waals surface area contributed by atoms with E-state index in [1.807, 2.05) is 31.2 Å². The van der Waals surface area contributed by atoms with Crippen LogP contribution in [0.5, 0.6) is 0 Å². The van der Waals surface area contributed by atoms with E-state index in [2.05, 4.69) is 10.6 Å². The van der Waals surface area contributed by atoms with E-state index in [4.69, 9.17) is 4.74 Å². The second kappa shape index (κ2) is 8.80. The summed E-state index contributed by atoms with van der Waals surface area (Å²) >= 11 is 0. The van der Waals surface area contributed by atoms with Crippen molar-refractivity contribution in [2.24, 2.45) is 0 Å². The molecule has 0 saturated carbocycles. The number of aryl methyl sites for hydroxylation is 1. The van der Waals surface area contributed by atoms with Crippen LogP contribution >= 0.6 is 0 Å². The molecule has 0 spiro atoms. The second-order valence-corrected chi connectivity index (χ2v) is 5.91. The lowest BCUT2D eigenvalue weighted by Gasteiger charge is -2.18. The predicted octanol–water partition coefficient (Wildman–Crippen LogP) is 2.47. The van der Waals surface area contributed by atoms with Gasteiger partial charge < -0.3 is 15.4 Å². The average Bonchev–Trinajstić information content (AvgIpc) is 2.62. The molecular formula is C20H22N2O4. The molecule has 0 unspecified atom stereocenters. The van der Waals surface area contributed by atoms with E-state index in [9.17, 15) is 14.4 Å².